The average Bonchev–Trinajstić information content (AvgIpc) is 2.43. The highest BCUT2D eigenvalue weighted by Gasteiger charge is 2.15. The first-order valence-electron chi connectivity index (χ1n) is 6.61. The molecule has 110 valence electrons. The third-order valence-electron chi connectivity index (χ3n) is 3.05. The Hall–Kier alpha value is -2.43. The van der Waals surface area contributed by atoms with Gasteiger partial charge in [0.2, 0.25) is 0 Å². The minimum atomic E-state index is -0.802. The number of anilines is 2. The summed E-state index contributed by atoms with van der Waals surface area (Å²) in [4.78, 5) is 13.7. The number of benzene rings is 2. The molecule has 1 N–H and O–H groups in total. The lowest BCUT2D eigenvalue weighted by Crippen LogP contribution is -2.35. The lowest BCUT2D eigenvalue weighted by Gasteiger charge is -2.22. The van der Waals surface area contributed by atoms with Gasteiger partial charge in [-0.25, -0.2) is 13.6 Å². The highest BCUT2D eigenvalue weighted by molar-refractivity contribution is 6.01. The van der Waals surface area contributed by atoms with Crippen LogP contribution < -0.4 is 10.2 Å². The number of carbonyl (C=O) groups is 1. The number of rotatable bonds is 3. The molecule has 2 aromatic carbocycles. The Kier molecular flexibility index (Phi) is 4.52. The fourth-order valence-corrected chi connectivity index (χ4v) is 2.01. The van der Waals surface area contributed by atoms with Crippen molar-refractivity contribution in [1.29, 1.82) is 0 Å². The Morgan fingerprint density at radius 2 is 1.95 bits per heavy atom. The number of hydrogen-bond acceptors (Lipinski definition) is 1. The maximum atomic E-state index is 13.6. The standard InChI is InChI=1S/C16H16F2N2O/c1-3-20(13-6-4-5-11(2)9-13)16(21)19-15-8-7-12(17)10-14(15)18/h4-10H,3H2,1-2H3,(H,19,21). The van der Waals surface area contributed by atoms with Gasteiger partial charge in [-0.1, -0.05) is 12.1 Å². The van der Waals surface area contributed by atoms with Crippen LogP contribution in [0, 0.1) is 18.6 Å². The highest BCUT2D eigenvalue weighted by Crippen LogP contribution is 2.19. The quantitative estimate of drug-likeness (QED) is 0.896. The van der Waals surface area contributed by atoms with Crippen molar-refractivity contribution >= 4 is 17.4 Å². The molecule has 0 aliphatic rings. The van der Waals surface area contributed by atoms with E-state index in [9.17, 15) is 13.6 Å². The van der Waals surface area contributed by atoms with Crippen LogP contribution in [0.15, 0.2) is 42.5 Å². The molecule has 0 atom stereocenters. The van der Waals surface area contributed by atoms with Gasteiger partial charge in [0.15, 0.2) is 0 Å². The van der Waals surface area contributed by atoms with Gasteiger partial charge in [0.25, 0.3) is 0 Å². The van der Waals surface area contributed by atoms with Gasteiger partial charge in [0.05, 0.1) is 5.69 Å². The maximum absolute atomic E-state index is 13.6. The molecule has 0 bridgehead atoms. The van der Waals surface area contributed by atoms with Crippen molar-refractivity contribution < 1.29 is 13.6 Å². The summed E-state index contributed by atoms with van der Waals surface area (Å²) in [5, 5.41) is 2.45. The molecular formula is C16H16F2N2O. The summed E-state index contributed by atoms with van der Waals surface area (Å²) in [5.41, 5.74) is 1.69. The van der Waals surface area contributed by atoms with Gasteiger partial charge in [-0.2, -0.15) is 0 Å². The summed E-state index contributed by atoms with van der Waals surface area (Å²) in [6, 6.07) is 10.0. The zero-order chi connectivity index (χ0) is 15.4. The fraction of sp³-hybridized carbons (Fsp3) is 0.188. The highest BCUT2D eigenvalue weighted by atomic mass is 19.1. The summed E-state index contributed by atoms with van der Waals surface area (Å²) >= 11 is 0. The second kappa shape index (κ2) is 6.35. The van der Waals surface area contributed by atoms with Crippen LogP contribution in [0.2, 0.25) is 0 Å². The Morgan fingerprint density at radius 3 is 2.57 bits per heavy atom. The van der Waals surface area contributed by atoms with E-state index in [4.69, 9.17) is 0 Å². The van der Waals surface area contributed by atoms with Gasteiger partial charge in [-0.05, 0) is 43.7 Å². The molecule has 5 heteroatoms. The molecule has 0 radical (unpaired) electrons. The molecule has 0 unspecified atom stereocenters. The first kappa shape index (κ1) is 15.0. The fourth-order valence-electron chi connectivity index (χ4n) is 2.01. The molecule has 0 saturated carbocycles. The van der Waals surface area contributed by atoms with Crippen LogP contribution in [0.3, 0.4) is 0 Å². The van der Waals surface area contributed by atoms with E-state index in [2.05, 4.69) is 5.32 Å². The van der Waals surface area contributed by atoms with Crippen molar-refractivity contribution in [3.8, 4) is 0 Å². The topological polar surface area (TPSA) is 32.3 Å². The van der Waals surface area contributed by atoms with Crippen LogP contribution in [0.5, 0.6) is 0 Å². The number of hydrogen-bond donors (Lipinski definition) is 1. The lowest BCUT2D eigenvalue weighted by atomic mass is 10.2. The number of aryl methyl sites for hydroxylation is 1. The van der Waals surface area contributed by atoms with Gasteiger partial charge in [0.1, 0.15) is 11.6 Å². The van der Waals surface area contributed by atoms with E-state index in [1.165, 1.54) is 11.0 Å². The third-order valence-corrected chi connectivity index (χ3v) is 3.05. The summed E-state index contributed by atoms with van der Waals surface area (Å²) in [6.07, 6.45) is 0. The molecule has 2 aromatic rings. The number of nitrogens with one attached hydrogen (secondary N) is 1. The van der Waals surface area contributed by atoms with E-state index in [-0.39, 0.29) is 5.69 Å². The van der Waals surface area contributed by atoms with Crippen molar-refractivity contribution in [1.82, 2.24) is 0 Å². The minimum Gasteiger partial charge on any atom is -0.305 e. The smallest absolute Gasteiger partial charge is 0.305 e. The number of nitrogens with zero attached hydrogens (tertiary/aromatic N) is 1. The van der Waals surface area contributed by atoms with Crippen LogP contribution in [0.4, 0.5) is 25.0 Å². The van der Waals surface area contributed by atoms with Crippen molar-refractivity contribution in [2.24, 2.45) is 0 Å². The molecular weight excluding hydrogens is 274 g/mol. The van der Waals surface area contributed by atoms with Crippen LogP contribution >= 0.6 is 0 Å². The molecule has 21 heavy (non-hydrogen) atoms. The normalized spacial score (nSPS) is 10.3. The van der Waals surface area contributed by atoms with E-state index < -0.39 is 17.7 Å². The SMILES string of the molecule is CCN(C(=O)Nc1ccc(F)cc1F)c1cccc(C)c1. The third kappa shape index (κ3) is 3.56. The first-order chi connectivity index (χ1) is 10.0. The van der Waals surface area contributed by atoms with Gasteiger partial charge in [0, 0.05) is 18.3 Å². The van der Waals surface area contributed by atoms with Crippen LogP contribution in [0.25, 0.3) is 0 Å². The Bertz CT molecular complexity index is 658. The van der Waals surface area contributed by atoms with E-state index in [0.717, 1.165) is 23.4 Å². The van der Waals surface area contributed by atoms with Gasteiger partial charge < -0.3 is 5.32 Å². The largest absolute Gasteiger partial charge is 0.326 e. The average molecular weight is 290 g/mol. The van der Waals surface area contributed by atoms with E-state index in [0.29, 0.717) is 6.54 Å². The van der Waals surface area contributed by atoms with Gasteiger partial charge >= 0.3 is 6.03 Å². The van der Waals surface area contributed by atoms with Crippen LogP contribution in [-0.2, 0) is 0 Å². The second-order valence-corrected chi connectivity index (χ2v) is 4.64. The summed E-state index contributed by atoms with van der Waals surface area (Å²) in [6.45, 7) is 4.18. The van der Waals surface area contributed by atoms with Gasteiger partial charge in [-0.15, -0.1) is 0 Å². The molecule has 0 saturated heterocycles. The number of halogens is 2. The molecule has 0 heterocycles. The summed E-state index contributed by atoms with van der Waals surface area (Å²) in [5.74, 6) is -1.49. The molecule has 0 aromatic heterocycles. The van der Waals surface area contributed by atoms with Crippen molar-refractivity contribution in [3.05, 3.63) is 59.7 Å². The number of amides is 2. The van der Waals surface area contributed by atoms with Crippen molar-refractivity contribution in [2.75, 3.05) is 16.8 Å². The van der Waals surface area contributed by atoms with Crippen molar-refractivity contribution in [3.63, 3.8) is 0 Å². The maximum Gasteiger partial charge on any atom is 0.326 e. The van der Waals surface area contributed by atoms with E-state index >= 15 is 0 Å². The van der Waals surface area contributed by atoms with E-state index in [1.807, 2.05) is 32.0 Å². The summed E-state index contributed by atoms with van der Waals surface area (Å²) in [7, 11) is 0. The second-order valence-electron chi connectivity index (χ2n) is 4.64. The monoisotopic (exact) mass is 290 g/mol. The molecule has 0 fully saturated rings. The zero-order valence-electron chi connectivity index (χ0n) is 11.9. The van der Waals surface area contributed by atoms with Gasteiger partial charge in [-0.3, -0.25) is 4.90 Å². The zero-order valence-corrected chi connectivity index (χ0v) is 11.9. The number of urea groups is 1. The minimum absolute atomic E-state index is 0.0486. The van der Waals surface area contributed by atoms with Crippen LogP contribution in [0.1, 0.15) is 12.5 Å². The first-order valence-corrected chi connectivity index (χ1v) is 6.61. The molecule has 0 spiro atoms. The number of carbonyl (C=O) groups excluding carboxylic acids is 1. The predicted molar refractivity (Wildman–Crippen MR) is 79.6 cm³/mol. The Labute approximate surface area is 122 Å². The molecule has 3 nitrogen and oxygen atoms in total. The Morgan fingerprint density at radius 1 is 1.19 bits per heavy atom. The molecule has 0 aliphatic heterocycles. The molecule has 0 aliphatic carbocycles. The van der Waals surface area contributed by atoms with Crippen molar-refractivity contribution in [2.45, 2.75) is 13.8 Å². The molecule has 2 rings (SSSR count). The predicted octanol–water partition coefficient (Wildman–Crippen LogP) is 4.33. The Balaban J connectivity index is 2.21. The molecule has 2 amide bonds. The lowest BCUT2D eigenvalue weighted by molar-refractivity contribution is 0.257. The summed E-state index contributed by atoms with van der Waals surface area (Å²) < 4.78 is 26.4. The van der Waals surface area contributed by atoms with Crippen LogP contribution in [-0.4, -0.2) is 12.6 Å². The van der Waals surface area contributed by atoms with E-state index in [1.54, 1.807) is 6.07 Å².